The molecule has 1 aromatic carbocycles. The Hall–Kier alpha value is -2.70. The van der Waals surface area contributed by atoms with Crippen LogP contribution in [0.5, 0.6) is 11.5 Å². The number of ether oxygens (including phenoxy) is 1. The molecule has 0 aliphatic rings. The summed E-state index contributed by atoms with van der Waals surface area (Å²) in [6, 6.07) is 3.90. The Labute approximate surface area is 108 Å². The fourth-order valence-electron chi connectivity index (χ4n) is 1.57. The maximum absolute atomic E-state index is 11.5. The van der Waals surface area contributed by atoms with Crippen molar-refractivity contribution < 1.29 is 14.5 Å². The lowest BCUT2D eigenvalue weighted by molar-refractivity contribution is -0.384. The molecule has 1 aromatic heterocycles. The van der Waals surface area contributed by atoms with E-state index in [1.54, 1.807) is 17.9 Å². The smallest absolute Gasteiger partial charge is 0.270 e. The van der Waals surface area contributed by atoms with Crippen molar-refractivity contribution in [3.05, 3.63) is 46.3 Å². The van der Waals surface area contributed by atoms with E-state index in [0.717, 1.165) is 0 Å². The first-order valence-corrected chi connectivity index (χ1v) is 5.43. The SMILES string of the molecule is CC(=O)c1cc([N+](=O)[O-])ccc1Oc1cnn(C)c1. The van der Waals surface area contributed by atoms with E-state index in [1.807, 2.05) is 0 Å². The van der Waals surface area contributed by atoms with Gasteiger partial charge in [-0.1, -0.05) is 0 Å². The molecule has 7 nitrogen and oxygen atoms in total. The van der Waals surface area contributed by atoms with Crippen molar-refractivity contribution in [1.29, 1.82) is 0 Å². The zero-order chi connectivity index (χ0) is 14.0. The standard InChI is InChI=1S/C12H11N3O4/c1-8(16)11-5-9(15(17)18)3-4-12(11)19-10-6-13-14(2)7-10/h3-7H,1-2H3. The lowest BCUT2D eigenvalue weighted by atomic mass is 10.1. The monoisotopic (exact) mass is 261 g/mol. The van der Waals surface area contributed by atoms with Crippen LogP contribution in [0.3, 0.4) is 0 Å². The number of hydrogen-bond donors (Lipinski definition) is 0. The molecule has 2 rings (SSSR count). The Morgan fingerprint density at radius 1 is 1.47 bits per heavy atom. The van der Waals surface area contributed by atoms with E-state index < -0.39 is 4.92 Å². The zero-order valence-corrected chi connectivity index (χ0v) is 10.4. The molecule has 0 fully saturated rings. The first-order valence-electron chi connectivity index (χ1n) is 5.43. The summed E-state index contributed by atoms with van der Waals surface area (Å²) in [5.74, 6) is 0.424. The molecule has 7 heteroatoms. The van der Waals surface area contributed by atoms with Crippen molar-refractivity contribution in [3.63, 3.8) is 0 Å². The van der Waals surface area contributed by atoms with Gasteiger partial charge >= 0.3 is 0 Å². The highest BCUT2D eigenvalue weighted by atomic mass is 16.6. The molecule has 2 aromatic rings. The Balaban J connectivity index is 2.39. The molecule has 0 saturated carbocycles. The van der Waals surface area contributed by atoms with Crippen molar-refractivity contribution in [1.82, 2.24) is 9.78 Å². The molecule has 0 spiro atoms. The van der Waals surface area contributed by atoms with Gasteiger partial charge in [-0.15, -0.1) is 0 Å². The number of aromatic nitrogens is 2. The third-order valence-electron chi connectivity index (χ3n) is 2.46. The van der Waals surface area contributed by atoms with Crippen LogP contribution in [-0.4, -0.2) is 20.5 Å². The van der Waals surface area contributed by atoms with Gasteiger partial charge in [-0.25, -0.2) is 0 Å². The third kappa shape index (κ3) is 2.76. The number of Topliss-reactive ketones (excluding diaryl/α,β-unsaturated/α-hetero) is 1. The predicted molar refractivity (Wildman–Crippen MR) is 66.4 cm³/mol. The van der Waals surface area contributed by atoms with Crippen LogP contribution in [0.2, 0.25) is 0 Å². The molecule has 0 atom stereocenters. The number of benzene rings is 1. The highest BCUT2D eigenvalue weighted by Gasteiger charge is 2.15. The minimum absolute atomic E-state index is 0.149. The average Bonchev–Trinajstić information content (AvgIpc) is 2.74. The molecule has 0 aliphatic carbocycles. The maximum atomic E-state index is 11.5. The molecule has 98 valence electrons. The molecule has 19 heavy (non-hydrogen) atoms. The Morgan fingerprint density at radius 3 is 2.74 bits per heavy atom. The number of nitro benzene ring substituents is 1. The van der Waals surface area contributed by atoms with Crippen LogP contribution in [0.15, 0.2) is 30.6 Å². The summed E-state index contributed by atoms with van der Waals surface area (Å²) < 4.78 is 7.05. The Bertz CT molecular complexity index is 648. The molecule has 0 bridgehead atoms. The number of carbonyl (C=O) groups is 1. The summed E-state index contributed by atoms with van der Waals surface area (Å²) in [5, 5.41) is 14.6. The van der Waals surface area contributed by atoms with Crippen LogP contribution in [0, 0.1) is 10.1 Å². The van der Waals surface area contributed by atoms with Crippen molar-refractivity contribution in [3.8, 4) is 11.5 Å². The van der Waals surface area contributed by atoms with Gasteiger partial charge in [-0.2, -0.15) is 5.10 Å². The van der Waals surface area contributed by atoms with Crippen molar-refractivity contribution in [2.45, 2.75) is 6.92 Å². The molecule has 0 unspecified atom stereocenters. The summed E-state index contributed by atoms with van der Waals surface area (Å²) in [6.07, 6.45) is 3.12. The third-order valence-corrected chi connectivity index (χ3v) is 2.46. The lowest BCUT2D eigenvalue weighted by Crippen LogP contribution is -1.99. The van der Waals surface area contributed by atoms with Crippen molar-refractivity contribution >= 4 is 11.5 Å². The van der Waals surface area contributed by atoms with Gasteiger partial charge < -0.3 is 4.74 Å². The van der Waals surface area contributed by atoms with Crippen molar-refractivity contribution in [2.75, 3.05) is 0 Å². The summed E-state index contributed by atoms with van der Waals surface area (Å²) in [7, 11) is 1.73. The summed E-state index contributed by atoms with van der Waals surface area (Å²) >= 11 is 0. The van der Waals surface area contributed by atoms with E-state index in [4.69, 9.17) is 4.74 Å². The summed E-state index contributed by atoms with van der Waals surface area (Å²) in [6.45, 7) is 1.33. The van der Waals surface area contributed by atoms with Crippen LogP contribution in [0.4, 0.5) is 5.69 Å². The van der Waals surface area contributed by atoms with Gasteiger partial charge in [0.25, 0.3) is 5.69 Å². The maximum Gasteiger partial charge on any atom is 0.270 e. The normalized spacial score (nSPS) is 10.2. The van der Waals surface area contributed by atoms with Gasteiger partial charge in [0.2, 0.25) is 0 Å². The van der Waals surface area contributed by atoms with Gasteiger partial charge in [0.05, 0.1) is 22.9 Å². The first-order chi connectivity index (χ1) is 8.97. The Morgan fingerprint density at radius 2 is 2.21 bits per heavy atom. The molecular formula is C12H11N3O4. The van der Waals surface area contributed by atoms with Gasteiger partial charge in [-0.3, -0.25) is 19.6 Å². The van der Waals surface area contributed by atoms with Gasteiger partial charge in [0.15, 0.2) is 11.5 Å². The second-order valence-corrected chi connectivity index (χ2v) is 3.95. The molecule has 0 aliphatic heterocycles. The minimum atomic E-state index is -0.555. The van der Waals surface area contributed by atoms with Gasteiger partial charge in [0, 0.05) is 19.2 Å². The second kappa shape index (κ2) is 4.89. The number of nitrogens with zero attached hydrogens (tertiary/aromatic N) is 3. The average molecular weight is 261 g/mol. The van der Waals surface area contributed by atoms with Crippen LogP contribution in [0.25, 0.3) is 0 Å². The Kier molecular flexibility index (Phi) is 3.28. The fraction of sp³-hybridized carbons (Fsp3) is 0.167. The number of non-ortho nitro benzene ring substituents is 1. The summed E-state index contributed by atoms with van der Waals surface area (Å²) in [4.78, 5) is 21.6. The molecule has 0 amide bonds. The zero-order valence-electron chi connectivity index (χ0n) is 10.4. The number of hydrogen-bond acceptors (Lipinski definition) is 5. The van der Waals surface area contributed by atoms with E-state index in [9.17, 15) is 14.9 Å². The number of rotatable bonds is 4. The minimum Gasteiger partial charge on any atom is -0.453 e. The summed E-state index contributed by atoms with van der Waals surface area (Å²) in [5.41, 5.74) is 0.0155. The molecule has 0 radical (unpaired) electrons. The molecule has 0 saturated heterocycles. The van der Waals surface area contributed by atoms with E-state index in [-0.39, 0.29) is 22.8 Å². The highest BCUT2D eigenvalue weighted by molar-refractivity contribution is 5.97. The molecule has 1 heterocycles. The number of ketones is 1. The number of aryl methyl sites for hydroxylation is 1. The van der Waals surface area contributed by atoms with Crippen LogP contribution >= 0.6 is 0 Å². The fourth-order valence-corrected chi connectivity index (χ4v) is 1.57. The highest BCUT2D eigenvalue weighted by Crippen LogP contribution is 2.28. The molecule has 0 N–H and O–H groups in total. The largest absolute Gasteiger partial charge is 0.453 e. The van der Waals surface area contributed by atoms with Crippen LogP contribution < -0.4 is 4.74 Å². The van der Waals surface area contributed by atoms with E-state index >= 15 is 0 Å². The van der Waals surface area contributed by atoms with Gasteiger partial charge in [0.1, 0.15) is 5.75 Å². The van der Waals surface area contributed by atoms with E-state index in [0.29, 0.717) is 5.75 Å². The lowest BCUT2D eigenvalue weighted by Gasteiger charge is -2.07. The topological polar surface area (TPSA) is 87.3 Å². The quantitative estimate of drug-likeness (QED) is 0.479. The van der Waals surface area contributed by atoms with Crippen LogP contribution in [-0.2, 0) is 7.05 Å². The first kappa shape index (κ1) is 12.7. The van der Waals surface area contributed by atoms with Gasteiger partial charge in [-0.05, 0) is 13.0 Å². The molecular weight excluding hydrogens is 250 g/mol. The predicted octanol–water partition coefficient (Wildman–Crippen LogP) is 2.32. The second-order valence-electron chi connectivity index (χ2n) is 3.95. The van der Waals surface area contributed by atoms with Crippen molar-refractivity contribution in [2.24, 2.45) is 7.05 Å². The van der Waals surface area contributed by atoms with E-state index in [1.165, 1.54) is 31.3 Å². The van der Waals surface area contributed by atoms with Crippen LogP contribution in [0.1, 0.15) is 17.3 Å². The number of nitro groups is 1. The van der Waals surface area contributed by atoms with E-state index in [2.05, 4.69) is 5.10 Å². The number of carbonyl (C=O) groups excluding carboxylic acids is 1.